The van der Waals surface area contributed by atoms with Crippen LogP contribution in [0.15, 0.2) is 18.2 Å². The molecule has 0 aromatic heterocycles. The van der Waals surface area contributed by atoms with Crippen LogP contribution in [0.5, 0.6) is 5.75 Å². The second-order valence-electron chi connectivity index (χ2n) is 4.64. The van der Waals surface area contributed by atoms with Crippen LogP contribution in [0.25, 0.3) is 0 Å². The first kappa shape index (κ1) is 12.8. The zero-order valence-electron chi connectivity index (χ0n) is 10.3. The Morgan fingerprint density at radius 1 is 1.56 bits per heavy atom. The standard InChI is InChI=1S/C13H17FN2O2/c1-18-11-4-3-9(7-10(11)14)12(17)16-13(8-15)5-2-6-13/h3-4,7H,2,5-6,8,15H2,1H3,(H,16,17). The van der Waals surface area contributed by atoms with Crippen molar-refractivity contribution in [3.05, 3.63) is 29.6 Å². The minimum absolute atomic E-state index is 0.128. The number of ether oxygens (including phenoxy) is 1. The summed E-state index contributed by atoms with van der Waals surface area (Å²) in [5.41, 5.74) is 5.65. The van der Waals surface area contributed by atoms with E-state index in [-0.39, 0.29) is 22.8 Å². The van der Waals surface area contributed by atoms with E-state index >= 15 is 0 Å². The van der Waals surface area contributed by atoms with E-state index in [0.717, 1.165) is 19.3 Å². The Morgan fingerprint density at radius 2 is 2.28 bits per heavy atom. The minimum atomic E-state index is -0.541. The van der Waals surface area contributed by atoms with Crippen LogP contribution in [0.3, 0.4) is 0 Å². The fourth-order valence-corrected chi connectivity index (χ4v) is 2.10. The van der Waals surface area contributed by atoms with Gasteiger partial charge < -0.3 is 15.8 Å². The van der Waals surface area contributed by atoms with Crippen molar-refractivity contribution in [2.45, 2.75) is 24.8 Å². The fraction of sp³-hybridized carbons (Fsp3) is 0.462. The molecule has 0 saturated heterocycles. The molecule has 1 aromatic carbocycles. The van der Waals surface area contributed by atoms with E-state index in [2.05, 4.69) is 5.32 Å². The predicted molar refractivity (Wildman–Crippen MR) is 66.1 cm³/mol. The average molecular weight is 252 g/mol. The molecule has 1 aliphatic rings. The maximum Gasteiger partial charge on any atom is 0.251 e. The van der Waals surface area contributed by atoms with Gasteiger partial charge in [0.25, 0.3) is 5.91 Å². The van der Waals surface area contributed by atoms with Crippen LogP contribution in [0.4, 0.5) is 4.39 Å². The van der Waals surface area contributed by atoms with Gasteiger partial charge >= 0.3 is 0 Å². The molecule has 1 aromatic rings. The third-order valence-corrected chi connectivity index (χ3v) is 3.49. The van der Waals surface area contributed by atoms with Crippen LogP contribution in [0, 0.1) is 5.82 Å². The number of rotatable bonds is 4. The maximum absolute atomic E-state index is 13.5. The van der Waals surface area contributed by atoms with Gasteiger partial charge in [0.2, 0.25) is 0 Å². The van der Waals surface area contributed by atoms with Gasteiger partial charge in [-0.25, -0.2) is 4.39 Å². The Bertz CT molecular complexity index is 453. The third-order valence-electron chi connectivity index (χ3n) is 3.49. The highest BCUT2D eigenvalue weighted by Gasteiger charge is 2.37. The zero-order chi connectivity index (χ0) is 13.2. The Labute approximate surface area is 105 Å². The molecular formula is C13H17FN2O2. The quantitative estimate of drug-likeness (QED) is 0.852. The van der Waals surface area contributed by atoms with Gasteiger partial charge in [0, 0.05) is 12.1 Å². The van der Waals surface area contributed by atoms with Gasteiger partial charge in [-0.1, -0.05) is 0 Å². The summed E-state index contributed by atoms with van der Waals surface area (Å²) in [6, 6.07) is 4.16. The molecule has 0 unspecified atom stereocenters. The van der Waals surface area contributed by atoms with Crippen molar-refractivity contribution in [1.29, 1.82) is 0 Å². The molecule has 1 fully saturated rings. The SMILES string of the molecule is COc1ccc(C(=O)NC2(CN)CCC2)cc1F. The van der Waals surface area contributed by atoms with E-state index in [9.17, 15) is 9.18 Å². The summed E-state index contributed by atoms with van der Waals surface area (Å²) in [5, 5.41) is 2.89. The number of nitrogens with two attached hydrogens (primary N) is 1. The number of carbonyl (C=O) groups excluding carboxylic acids is 1. The molecule has 2 rings (SSSR count). The normalized spacial score (nSPS) is 16.8. The van der Waals surface area contributed by atoms with Gasteiger partial charge in [-0.15, -0.1) is 0 Å². The van der Waals surface area contributed by atoms with Crippen molar-refractivity contribution >= 4 is 5.91 Å². The largest absolute Gasteiger partial charge is 0.494 e. The maximum atomic E-state index is 13.5. The molecule has 1 aliphatic carbocycles. The van der Waals surface area contributed by atoms with Crippen molar-refractivity contribution in [2.24, 2.45) is 5.73 Å². The van der Waals surface area contributed by atoms with Crippen LogP contribution in [-0.4, -0.2) is 25.1 Å². The van der Waals surface area contributed by atoms with Crippen LogP contribution in [0.1, 0.15) is 29.6 Å². The smallest absolute Gasteiger partial charge is 0.251 e. The second kappa shape index (κ2) is 4.94. The number of hydrogen-bond donors (Lipinski definition) is 2. The number of halogens is 1. The topological polar surface area (TPSA) is 64.3 Å². The highest BCUT2D eigenvalue weighted by Crippen LogP contribution is 2.31. The van der Waals surface area contributed by atoms with Gasteiger partial charge in [0.15, 0.2) is 11.6 Å². The molecule has 0 spiro atoms. The number of carbonyl (C=O) groups is 1. The summed E-state index contributed by atoms with van der Waals surface area (Å²) in [7, 11) is 1.38. The first-order valence-electron chi connectivity index (χ1n) is 5.96. The molecule has 4 nitrogen and oxygen atoms in total. The van der Waals surface area contributed by atoms with Gasteiger partial charge in [0.1, 0.15) is 0 Å². The summed E-state index contributed by atoms with van der Waals surface area (Å²) in [6.45, 7) is 0.414. The van der Waals surface area contributed by atoms with Gasteiger partial charge in [-0.05, 0) is 37.5 Å². The predicted octanol–water partition coefficient (Wildman–Crippen LogP) is 1.45. The van der Waals surface area contributed by atoms with E-state index in [1.54, 1.807) is 6.07 Å². The van der Waals surface area contributed by atoms with Crippen molar-refractivity contribution in [1.82, 2.24) is 5.32 Å². The molecule has 5 heteroatoms. The van der Waals surface area contributed by atoms with E-state index < -0.39 is 5.82 Å². The second-order valence-corrected chi connectivity index (χ2v) is 4.64. The molecule has 18 heavy (non-hydrogen) atoms. The number of nitrogens with one attached hydrogen (secondary N) is 1. The molecule has 0 bridgehead atoms. The molecule has 0 aliphatic heterocycles. The Kier molecular flexibility index (Phi) is 3.52. The van der Waals surface area contributed by atoms with Crippen molar-refractivity contribution in [3.8, 4) is 5.75 Å². The fourth-order valence-electron chi connectivity index (χ4n) is 2.10. The summed E-state index contributed by atoms with van der Waals surface area (Å²) in [5.74, 6) is -0.703. The van der Waals surface area contributed by atoms with Gasteiger partial charge in [-0.3, -0.25) is 4.79 Å². The Hall–Kier alpha value is -1.62. The van der Waals surface area contributed by atoms with Crippen molar-refractivity contribution < 1.29 is 13.9 Å². The third kappa shape index (κ3) is 2.31. The average Bonchev–Trinajstić information content (AvgIpc) is 2.33. The molecule has 0 atom stereocenters. The van der Waals surface area contributed by atoms with Crippen LogP contribution in [-0.2, 0) is 0 Å². The number of hydrogen-bond acceptors (Lipinski definition) is 3. The minimum Gasteiger partial charge on any atom is -0.494 e. The van der Waals surface area contributed by atoms with E-state index in [4.69, 9.17) is 10.5 Å². The van der Waals surface area contributed by atoms with Gasteiger partial charge in [0.05, 0.1) is 12.6 Å². The summed E-state index contributed by atoms with van der Waals surface area (Å²) >= 11 is 0. The highest BCUT2D eigenvalue weighted by molar-refractivity contribution is 5.95. The van der Waals surface area contributed by atoms with Crippen LogP contribution in [0.2, 0.25) is 0 Å². The zero-order valence-corrected chi connectivity index (χ0v) is 10.3. The highest BCUT2D eigenvalue weighted by atomic mass is 19.1. The lowest BCUT2D eigenvalue weighted by molar-refractivity contribution is 0.0837. The number of amides is 1. The first-order valence-corrected chi connectivity index (χ1v) is 5.96. The lowest BCUT2D eigenvalue weighted by Gasteiger charge is -2.41. The van der Waals surface area contributed by atoms with Crippen LogP contribution >= 0.6 is 0 Å². The number of benzene rings is 1. The molecule has 3 N–H and O–H groups in total. The molecule has 1 amide bonds. The molecule has 1 saturated carbocycles. The summed E-state index contributed by atoms with van der Waals surface area (Å²) in [4.78, 5) is 12.0. The summed E-state index contributed by atoms with van der Waals surface area (Å²) in [6.07, 6.45) is 2.83. The van der Waals surface area contributed by atoms with Crippen LogP contribution < -0.4 is 15.8 Å². The lowest BCUT2D eigenvalue weighted by atomic mass is 9.76. The molecule has 0 heterocycles. The van der Waals surface area contributed by atoms with Crippen molar-refractivity contribution in [3.63, 3.8) is 0 Å². The van der Waals surface area contributed by atoms with Crippen molar-refractivity contribution in [2.75, 3.05) is 13.7 Å². The lowest BCUT2D eigenvalue weighted by Crippen LogP contribution is -2.58. The van der Waals surface area contributed by atoms with E-state index in [1.807, 2.05) is 0 Å². The Balaban J connectivity index is 2.11. The molecular weight excluding hydrogens is 235 g/mol. The first-order chi connectivity index (χ1) is 8.60. The summed E-state index contributed by atoms with van der Waals surface area (Å²) < 4.78 is 18.3. The molecule has 0 radical (unpaired) electrons. The monoisotopic (exact) mass is 252 g/mol. The Morgan fingerprint density at radius 3 is 2.72 bits per heavy atom. The van der Waals surface area contributed by atoms with E-state index in [1.165, 1.54) is 19.2 Å². The van der Waals surface area contributed by atoms with Gasteiger partial charge in [-0.2, -0.15) is 0 Å². The number of methoxy groups -OCH3 is 1. The van der Waals surface area contributed by atoms with E-state index in [0.29, 0.717) is 6.54 Å². The molecule has 98 valence electrons.